The van der Waals surface area contributed by atoms with Gasteiger partial charge in [0.2, 0.25) is 11.8 Å². The summed E-state index contributed by atoms with van der Waals surface area (Å²) < 4.78 is 4.56. The molecular weight excluding hydrogens is 346 g/mol. The summed E-state index contributed by atoms with van der Waals surface area (Å²) in [4.78, 5) is 42.9. The van der Waals surface area contributed by atoms with Crippen LogP contribution < -0.4 is 0 Å². The van der Waals surface area contributed by atoms with E-state index in [1.165, 1.54) is 7.11 Å². The smallest absolute Gasteiger partial charge is 0.306 e. The van der Waals surface area contributed by atoms with Gasteiger partial charge in [-0.1, -0.05) is 18.2 Å². The number of carbonyl (C=O) groups is 3. The lowest BCUT2D eigenvalue weighted by Gasteiger charge is -2.35. The van der Waals surface area contributed by atoms with Crippen LogP contribution in [0.3, 0.4) is 0 Å². The first-order valence-corrected chi connectivity index (χ1v) is 9.18. The number of aryl methyl sites for hydroxylation is 1. The molecule has 1 aromatic carbocycles. The average molecular weight is 371 g/mol. The number of para-hydroxylation sites is 1. The van der Waals surface area contributed by atoms with Crippen LogP contribution in [0.5, 0.6) is 0 Å². The monoisotopic (exact) mass is 371 g/mol. The van der Waals surface area contributed by atoms with E-state index in [-0.39, 0.29) is 30.6 Å². The van der Waals surface area contributed by atoms with Crippen molar-refractivity contribution < 1.29 is 19.1 Å². The molecule has 1 N–H and O–H groups in total. The minimum atomic E-state index is -0.383. The highest BCUT2D eigenvalue weighted by Crippen LogP contribution is 2.23. The highest BCUT2D eigenvalue weighted by molar-refractivity contribution is 5.90. The molecule has 2 aromatic rings. The van der Waals surface area contributed by atoms with E-state index in [0.29, 0.717) is 32.6 Å². The molecule has 1 saturated heterocycles. The topological polar surface area (TPSA) is 82.7 Å². The van der Waals surface area contributed by atoms with Gasteiger partial charge in [-0.15, -0.1) is 0 Å². The van der Waals surface area contributed by atoms with Crippen LogP contribution in [0, 0.1) is 6.92 Å². The van der Waals surface area contributed by atoms with Crippen molar-refractivity contribution in [3.05, 3.63) is 35.5 Å². The average Bonchev–Trinajstić information content (AvgIpc) is 3.01. The number of rotatable bonds is 5. The lowest BCUT2D eigenvalue weighted by atomic mass is 10.1. The van der Waals surface area contributed by atoms with Crippen molar-refractivity contribution >= 4 is 28.7 Å². The molecule has 0 atom stereocenters. The summed E-state index contributed by atoms with van der Waals surface area (Å²) in [5, 5.41) is 1.08. The van der Waals surface area contributed by atoms with Gasteiger partial charge in [0.25, 0.3) is 0 Å². The number of amides is 2. The quantitative estimate of drug-likeness (QED) is 0.810. The number of hydrogen-bond donors (Lipinski definition) is 1. The number of carbonyl (C=O) groups excluding carboxylic acids is 3. The van der Waals surface area contributed by atoms with Crippen molar-refractivity contribution in [2.75, 3.05) is 33.3 Å². The maximum absolute atomic E-state index is 12.7. The number of piperazine rings is 1. The Labute approximate surface area is 158 Å². The van der Waals surface area contributed by atoms with Crippen molar-refractivity contribution in [3.63, 3.8) is 0 Å². The minimum absolute atomic E-state index is 0.0695. The minimum Gasteiger partial charge on any atom is -0.469 e. The number of ether oxygens (including phenoxy) is 1. The molecule has 1 aliphatic rings. The summed E-state index contributed by atoms with van der Waals surface area (Å²) in [7, 11) is 1.31. The zero-order valence-corrected chi connectivity index (χ0v) is 15.8. The Kier molecular flexibility index (Phi) is 5.78. The number of nitrogens with one attached hydrogen (secondary N) is 1. The number of H-pyrrole nitrogens is 1. The second-order valence-corrected chi connectivity index (χ2v) is 6.79. The van der Waals surface area contributed by atoms with Crippen LogP contribution in [-0.2, 0) is 25.5 Å². The summed E-state index contributed by atoms with van der Waals surface area (Å²) in [6.45, 7) is 4.02. The first kappa shape index (κ1) is 18.9. The van der Waals surface area contributed by atoms with Crippen molar-refractivity contribution in [2.24, 2.45) is 0 Å². The molecule has 144 valence electrons. The second kappa shape index (κ2) is 8.24. The van der Waals surface area contributed by atoms with E-state index in [4.69, 9.17) is 0 Å². The number of methoxy groups -OCH3 is 1. The van der Waals surface area contributed by atoms with Crippen molar-refractivity contribution in [3.8, 4) is 0 Å². The molecule has 0 saturated carbocycles. The maximum Gasteiger partial charge on any atom is 0.306 e. The number of aromatic amines is 1. The number of hydrogen-bond acceptors (Lipinski definition) is 4. The molecular formula is C20H25N3O4. The van der Waals surface area contributed by atoms with Gasteiger partial charge in [0.1, 0.15) is 0 Å². The van der Waals surface area contributed by atoms with Gasteiger partial charge in [-0.05, 0) is 18.6 Å². The summed E-state index contributed by atoms with van der Waals surface area (Å²) in [5.41, 5.74) is 3.09. The zero-order chi connectivity index (χ0) is 19.4. The van der Waals surface area contributed by atoms with Gasteiger partial charge < -0.3 is 19.5 Å². The number of nitrogens with zero attached hydrogens (tertiary/aromatic N) is 2. The van der Waals surface area contributed by atoms with Crippen molar-refractivity contribution in [1.29, 1.82) is 0 Å². The molecule has 3 rings (SSSR count). The van der Waals surface area contributed by atoms with Crippen molar-refractivity contribution in [2.45, 2.75) is 26.2 Å². The fourth-order valence-electron chi connectivity index (χ4n) is 3.50. The first-order valence-electron chi connectivity index (χ1n) is 9.18. The Balaban J connectivity index is 1.55. The fourth-order valence-corrected chi connectivity index (χ4v) is 3.50. The molecule has 1 aliphatic heterocycles. The molecule has 1 aromatic heterocycles. The molecule has 7 nitrogen and oxygen atoms in total. The van der Waals surface area contributed by atoms with Gasteiger partial charge in [-0.3, -0.25) is 14.4 Å². The number of esters is 1. The predicted octanol–water partition coefficient (Wildman–Crippen LogP) is 1.64. The highest BCUT2D eigenvalue weighted by Gasteiger charge is 2.25. The van der Waals surface area contributed by atoms with E-state index >= 15 is 0 Å². The Hall–Kier alpha value is -2.83. The normalized spacial score (nSPS) is 14.4. The lowest BCUT2D eigenvalue weighted by molar-refractivity contribution is -0.144. The van der Waals surface area contributed by atoms with E-state index in [1.54, 1.807) is 4.90 Å². The van der Waals surface area contributed by atoms with Crippen LogP contribution in [0.25, 0.3) is 10.9 Å². The van der Waals surface area contributed by atoms with Crippen LogP contribution in [0.4, 0.5) is 0 Å². The SMILES string of the molecule is COC(=O)CCC(=O)N1CCN(C(=O)Cc2c(C)[nH]c3ccccc23)CC1. The van der Waals surface area contributed by atoms with E-state index in [0.717, 1.165) is 22.2 Å². The number of benzene rings is 1. The molecule has 2 amide bonds. The van der Waals surface area contributed by atoms with Crippen LogP contribution in [0.2, 0.25) is 0 Å². The summed E-state index contributed by atoms with van der Waals surface area (Å²) in [6.07, 6.45) is 0.593. The Bertz CT molecular complexity index is 850. The standard InChI is InChI=1S/C20H25N3O4/c1-14-16(15-5-3-4-6-17(15)21-14)13-19(25)23-11-9-22(10-12-23)18(24)7-8-20(26)27-2/h3-6,21H,7-13H2,1-2H3. The van der Waals surface area contributed by atoms with Gasteiger partial charge in [-0.25, -0.2) is 0 Å². The van der Waals surface area contributed by atoms with Gasteiger partial charge in [-0.2, -0.15) is 0 Å². The highest BCUT2D eigenvalue weighted by atomic mass is 16.5. The van der Waals surface area contributed by atoms with Gasteiger partial charge >= 0.3 is 5.97 Å². The summed E-state index contributed by atoms with van der Waals surface area (Å²) in [6, 6.07) is 7.98. The molecule has 2 heterocycles. The van der Waals surface area contributed by atoms with Crippen LogP contribution >= 0.6 is 0 Å². The Morgan fingerprint density at radius 1 is 1.00 bits per heavy atom. The Morgan fingerprint density at radius 3 is 2.30 bits per heavy atom. The zero-order valence-electron chi connectivity index (χ0n) is 15.8. The first-order chi connectivity index (χ1) is 13.0. The largest absolute Gasteiger partial charge is 0.469 e. The van der Waals surface area contributed by atoms with Gasteiger partial charge in [0, 0.05) is 49.2 Å². The molecule has 1 fully saturated rings. The van der Waals surface area contributed by atoms with Crippen LogP contribution in [0.15, 0.2) is 24.3 Å². The van der Waals surface area contributed by atoms with E-state index in [2.05, 4.69) is 9.72 Å². The summed E-state index contributed by atoms with van der Waals surface area (Å²) in [5.74, 6) is -0.379. The van der Waals surface area contributed by atoms with E-state index < -0.39 is 0 Å². The number of aromatic nitrogens is 1. The Morgan fingerprint density at radius 2 is 1.63 bits per heavy atom. The molecule has 0 bridgehead atoms. The molecule has 0 spiro atoms. The third kappa shape index (κ3) is 4.30. The van der Waals surface area contributed by atoms with Crippen LogP contribution in [0.1, 0.15) is 24.1 Å². The lowest BCUT2D eigenvalue weighted by Crippen LogP contribution is -2.51. The van der Waals surface area contributed by atoms with Crippen molar-refractivity contribution in [1.82, 2.24) is 14.8 Å². The van der Waals surface area contributed by atoms with E-state index in [9.17, 15) is 14.4 Å². The fraction of sp³-hybridized carbons (Fsp3) is 0.450. The molecule has 0 radical (unpaired) electrons. The number of fused-ring (bicyclic) bond motifs is 1. The van der Waals surface area contributed by atoms with Gasteiger partial charge in [0.05, 0.1) is 20.0 Å². The predicted molar refractivity (Wildman–Crippen MR) is 101 cm³/mol. The van der Waals surface area contributed by atoms with Crippen LogP contribution in [-0.4, -0.2) is 65.9 Å². The molecule has 7 heteroatoms. The maximum atomic E-state index is 12.7. The third-order valence-electron chi connectivity index (χ3n) is 5.11. The molecule has 0 unspecified atom stereocenters. The van der Waals surface area contributed by atoms with Gasteiger partial charge in [0.15, 0.2) is 0 Å². The summed E-state index contributed by atoms with van der Waals surface area (Å²) >= 11 is 0. The third-order valence-corrected chi connectivity index (χ3v) is 5.11. The second-order valence-electron chi connectivity index (χ2n) is 6.79. The molecule has 27 heavy (non-hydrogen) atoms. The molecule has 0 aliphatic carbocycles. The van der Waals surface area contributed by atoms with E-state index in [1.807, 2.05) is 36.1 Å².